The Hall–Kier alpha value is -1.10. The van der Waals surface area contributed by atoms with Gasteiger partial charge in [0, 0.05) is 26.2 Å². The van der Waals surface area contributed by atoms with Gasteiger partial charge in [0.15, 0.2) is 0 Å². The van der Waals surface area contributed by atoms with Crippen LogP contribution in [0.4, 0.5) is 0 Å². The van der Waals surface area contributed by atoms with Crippen LogP contribution in [0.3, 0.4) is 0 Å². The van der Waals surface area contributed by atoms with Crippen molar-refractivity contribution in [2.45, 2.75) is 0 Å². The van der Waals surface area contributed by atoms with E-state index in [1.165, 1.54) is 0 Å². The van der Waals surface area contributed by atoms with Crippen molar-refractivity contribution in [1.29, 1.82) is 0 Å². The van der Waals surface area contributed by atoms with Gasteiger partial charge in [-0.05, 0) is 7.05 Å². The monoisotopic (exact) mass is 182 g/mol. The number of aliphatic imine (C=N–C) groups is 1. The van der Waals surface area contributed by atoms with Gasteiger partial charge in [-0.25, -0.2) is 0 Å². The van der Waals surface area contributed by atoms with Crippen molar-refractivity contribution in [3.8, 4) is 0 Å². The quantitative estimate of drug-likeness (QED) is 0.507. The third kappa shape index (κ3) is 1.80. The molecule has 5 nitrogen and oxygen atoms in total. The third-order valence-corrected chi connectivity index (χ3v) is 2.43. The van der Waals surface area contributed by atoms with Crippen molar-refractivity contribution in [2.75, 3.05) is 39.8 Å². The number of nitrogens with zero attached hydrogens (tertiary/aromatic N) is 3. The molecule has 1 amide bonds. The van der Waals surface area contributed by atoms with Crippen LogP contribution in [0.25, 0.3) is 0 Å². The van der Waals surface area contributed by atoms with E-state index in [0.717, 1.165) is 32.1 Å². The van der Waals surface area contributed by atoms with E-state index in [2.05, 4.69) is 27.2 Å². The molecule has 13 heavy (non-hydrogen) atoms. The molecule has 0 spiro atoms. The Labute approximate surface area is 77.4 Å². The third-order valence-electron chi connectivity index (χ3n) is 2.43. The first-order valence-corrected chi connectivity index (χ1v) is 4.54. The summed E-state index contributed by atoms with van der Waals surface area (Å²) in [4.78, 5) is 19.2. The molecule has 0 bridgehead atoms. The topological polar surface area (TPSA) is 47.9 Å². The number of nitrogens with one attached hydrogen (secondary N) is 1. The summed E-state index contributed by atoms with van der Waals surface area (Å²) in [5.41, 5.74) is 0. The van der Waals surface area contributed by atoms with Gasteiger partial charge in [-0.15, -0.1) is 0 Å². The van der Waals surface area contributed by atoms with Gasteiger partial charge in [-0.1, -0.05) is 0 Å². The Morgan fingerprint density at radius 3 is 2.54 bits per heavy atom. The molecule has 0 aliphatic carbocycles. The predicted molar refractivity (Wildman–Crippen MR) is 49.5 cm³/mol. The van der Waals surface area contributed by atoms with Crippen LogP contribution in [-0.4, -0.2) is 61.4 Å². The summed E-state index contributed by atoms with van der Waals surface area (Å²) in [6.45, 7) is 4.34. The van der Waals surface area contributed by atoms with E-state index in [9.17, 15) is 4.79 Å². The maximum atomic E-state index is 10.9. The van der Waals surface area contributed by atoms with Crippen LogP contribution in [0.15, 0.2) is 4.99 Å². The second kappa shape index (κ2) is 3.33. The Balaban J connectivity index is 1.95. The molecule has 1 fully saturated rings. The van der Waals surface area contributed by atoms with Crippen LogP contribution in [0.5, 0.6) is 0 Å². The fourth-order valence-electron chi connectivity index (χ4n) is 1.55. The average molecular weight is 182 g/mol. The van der Waals surface area contributed by atoms with E-state index in [4.69, 9.17) is 0 Å². The van der Waals surface area contributed by atoms with Gasteiger partial charge in [0.05, 0.1) is 6.54 Å². The lowest BCUT2D eigenvalue weighted by molar-refractivity contribution is -0.116. The highest BCUT2D eigenvalue weighted by molar-refractivity contribution is 6.00. The first-order valence-electron chi connectivity index (χ1n) is 4.54. The number of rotatable bonds is 0. The molecule has 2 heterocycles. The fraction of sp³-hybridized carbons (Fsp3) is 0.750. The van der Waals surface area contributed by atoms with Crippen molar-refractivity contribution in [3.63, 3.8) is 0 Å². The van der Waals surface area contributed by atoms with Gasteiger partial charge in [0.25, 0.3) is 5.91 Å². The Bertz CT molecular complexity index is 243. The molecule has 0 aromatic heterocycles. The van der Waals surface area contributed by atoms with E-state index >= 15 is 0 Å². The molecule has 2 aliphatic heterocycles. The van der Waals surface area contributed by atoms with E-state index in [1.807, 2.05) is 0 Å². The van der Waals surface area contributed by atoms with E-state index in [1.54, 1.807) is 0 Å². The normalized spacial score (nSPS) is 24.5. The number of amides is 1. The standard InChI is InChI=1S/C8H14N4O/c1-11-2-4-12(5-3-11)8-9-6-7(13)10-8/h2-6H2,1H3,(H,9,10,13). The lowest BCUT2D eigenvalue weighted by Gasteiger charge is -2.33. The molecule has 0 aromatic rings. The van der Waals surface area contributed by atoms with Crippen LogP contribution in [-0.2, 0) is 4.79 Å². The van der Waals surface area contributed by atoms with Crippen LogP contribution >= 0.6 is 0 Å². The predicted octanol–water partition coefficient (Wildman–Crippen LogP) is -1.28. The summed E-state index contributed by atoms with van der Waals surface area (Å²) in [7, 11) is 2.10. The number of hydrogen-bond donors (Lipinski definition) is 1. The number of piperazine rings is 1. The van der Waals surface area contributed by atoms with Crippen LogP contribution in [0.1, 0.15) is 0 Å². The van der Waals surface area contributed by atoms with Crippen molar-refractivity contribution >= 4 is 11.9 Å². The van der Waals surface area contributed by atoms with Crippen LogP contribution in [0.2, 0.25) is 0 Å². The smallest absolute Gasteiger partial charge is 0.268 e. The molecule has 0 unspecified atom stereocenters. The highest BCUT2D eigenvalue weighted by Gasteiger charge is 2.21. The maximum absolute atomic E-state index is 10.9. The number of carbonyl (C=O) groups is 1. The zero-order valence-electron chi connectivity index (χ0n) is 7.79. The lowest BCUT2D eigenvalue weighted by atomic mass is 10.3. The lowest BCUT2D eigenvalue weighted by Crippen LogP contribution is -2.50. The summed E-state index contributed by atoms with van der Waals surface area (Å²) in [6, 6.07) is 0. The minimum atomic E-state index is -0.0612. The van der Waals surface area contributed by atoms with Crippen molar-refractivity contribution in [2.24, 2.45) is 4.99 Å². The van der Waals surface area contributed by atoms with Crippen molar-refractivity contribution in [3.05, 3.63) is 0 Å². The zero-order valence-corrected chi connectivity index (χ0v) is 7.79. The van der Waals surface area contributed by atoms with Crippen LogP contribution in [0, 0.1) is 0 Å². The summed E-state index contributed by atoms with van der Waals surface area (Å²) >= 11 is 0. The number of hydrogen-bond acceptors (Lipinski definition) is 4. The molecule has 2 aliphatic rings. The van der Waals surface area contributed by atoms with E-state index < -0.39 is 0 Å². The van der Waals surface area contributed by atoms with Crippen molar-refractivity contribution in [1.82, 2.24) is 15.1 Å². The first-order chi connectivity index (χ1) is 6.25. The molecule has 1 N–H and O–H groups in total. The minimum Gasteiger partial charge on any atom is -0.347 e. The van der Waals surface area contributed by atoms with Gasteiger partial charge in [-0.3, -0.25) is 4.79 Å². The van der Waals surface area contributed by atoms with Gasteiger partial charge in [0.1, 0.15) is 0 Å². The number of carbonyl (C=O) groups excluding carboxylic acids is 1. The highest BCUT2D eigenvalue weighted by atomic mass is 16.2. The van der Waals surface area contributed by atoms with Gasteiger partial charge in [0.2, 0.25) is 5.96 Å². The fourth-order valence-corrected chi connectivity index (χ4v) is 1.55. The second-order valence-electron chi connectivity index (χ2n) is 3.47. The molecule has 2 rings (SSSR count). The molecular weight excluding hydrogens is 168 g/mol. The molecule has 0 saturated carbocycles. The Morgan fingerprint density at radius 1 is 1.31 bits per heavy atom. The summed E-state index contributed by atoms with van der Waals surface area (Å²) < 4.78 is 0. The highest BCUT2D eigenvalue weighted by Crippen LogP contribution is 2.01. The Kier molecular flexibility index (Phi) is 2.18. The number of likely N-dealkylation sites (N-methyl/N-ethyl adjacent to an activating group) is 1. The molecular formula is C8H14N4O. The number of guanidine groups is 1. The van der Waals surface area contributed by atoms with Gasteiger partial charge < -0.3 is 15.1 Å². The van der Waals surface area contributed by atoms with Crippen molar-refractivity contribution < 1.29 is 4.79 Å². The molecule has 5 heteroatoms. The average Bonchev–Trinajstić information content (AvgIpc) is 2.53. The minimum absolute atomic E-state index is 0.0612. The first kappa shape index (κ1) is 8.50. The van der Waals surface area contributed by atoms with Crippen LogP contribution < -0.4 is 5.32 Å². The largest absolute Gasteiger partial charge is 0.347 e. The van der Waals surface area contributed by atoms with Gasteiger partial charge in [-0.2, -0.15) is 4.99 Å². The molecule has 0 radical (unpaired) electrons. The Morgan fingerprint density at radius 2 is 2.00 bits per heavy atom. The maximum Gasteiger partial charge on any atom is 0.268 e. The molecule has 1 saturated heterocycles. The second-order valence-corrected chi connectivity index (χ2v) is 3.47. The summed E-state index contributed by atoms with van der Waals surface area (Å²) in [5, 5.41) is 3.00. The summed E-state index contributed by atoms with van der Waals surface area (Å²) in [5.74, 6) is 0.701. The summed E-state index contributed by atoms with van der Waals surface area (Å²) in [6.07, 6.45) is 0. The molecule has 72 valence electrons. The SMILES string of the molecule is CN1CCN(C2=NC(=O)CN2)CC1. The zero-order chi connectivity index (χ0) is 9.26. The molecule has 0 aromatic carbocycles. The van der Waals surface area contributed by atoms with E-state index in [-0.39, 0.29) is 5.91 Å². The van der Waals surface area contributed by atoms with E-state index in [0.29, 0.717) is 6.54 Å². The van der Waals surface area contributed by atoms with Gasteiger partial charge >= 0.3 is 0 Å². The molecule has 0 atom stereocenters.